The van der Waals surface area contributed by atoms with Crippen LogP contribution in [0.1, 0.15) is 5.56 Å². The van der Waals surface area contributed by atoms with E-state index in [0.29, 0.717) is 0 Å². The second-order valence-corrected chi connectivity index (χ2v) is 2.69. The molecule has 0 aliphatic heterocycles. The molecule has 0 radical (unpaired) electrons. The van der Waals surface area contributed by atoms with Crippen molar-refractivity contribution >= 4 is 12.7 Å². The number of allylic oxidation sites excluding steroid dienone is 1. The number of benzene rings is 1. The summed E-state index contributed by atoms with van der Waals surface area (Å²) in [6.45, 7) is 3.90. The maximum absolute atomic E-state index is 8.97. The second kappa shape index (κ2) is 4.48. The third-order valence-electron chi connectivity index (χ3n) is 1.87. The van der Waals surface area contributed by atoms with Gasteiger partial charge in [0.15, 0.2) is 0 Å². The first-order chi connectivity index (χ1) is 6.29. The number of hydrogen-bond acceptors (Lipinski definition) is 2. The van der Waals surface area contributed by atoms with E-state index < -0.39 is 0 Å². The summed E-state index contributed by atoms with van der Waals surface area (Å²) in [5.41, 5.74) is 6.06. The zero-order chi connectivity index (χ0) is 9.68. The molecule has 0 saturated carbocycles. The van der Waals surface area contributed by atoms with E-state index >= 15 is 0 Å². The van der Waals surface area contributed by atoms with Crippen LogP contribution in [0.25, 0.3) is 12.7 Å². The van der Waals surface area contributed by atoms with E-state index in [2.05, 4.69) is 6.58 Å². The zero-order valence-corrected chi connectivity index (χ0v) is 7.40. The molecule has 0 atom stereocenters. The van der Waals surface area contributed by atoms with E-state index in [0.717, 1.165) is 16.0 Å². The quantitative estimate of drug-likeness (QED) is 0.656. The Kier molecular flexibility index (Phi) is 3.29. The number of hydrogen-bond donors (Lipinski definition) is 2. The lowest BCUT2D eigenvalue weighted by Gasteiger charge is -1.96. The van der Waals surface area contributed by atoms with Gasteiger partial charge in [0.2, 0.25) is 0 Å². The van der Waals surface area contributed by atoms with Gasteiger partial charge < -0.3 is 10.8 Å². The average Bonchev–Trinajstić information content (AvgIpc) is 2.16. The van der Waals surface area contributed by atoms with Crippen molar-refractivity contribution in [2.45, 2.75) is 6.61 Å². The van der Waals surface area contributed by atoms with Crippen molar-refractivity contribution in [3.8, 4) is 0 Å². The molecule has 0 fully saturated rings. The van der Waals surface area contributed by atoms with Crippen molar-refractivity contribution in [3.63, 3.8) is 0 Å². The molecule has 0 aliphatic carbocycles. The molecule has 2 nitrogen and oxygen atoms in total. The van der Waals surface area contributed by atoms with Crippen molar-refractivity contribution in [2.75, 3.05) is 0 Å². The smallest absolute Gasteiger partial charge is 0.0687 e. The lowest BCUT2D eigenvalue weighted by atomic mass is 10.1. The highest BCUT2D eigenvalue weighted by Gasteiger charge is 1.90. The van der Waals surface area contributed by atoms with Gasteiger partial charge in [0.05, 0.1) is 6.61 Å². The van der Waals surface area contributed by atoms with Crippen LogP contribution in [0.5, 0.6) is 0 Å². The normalized spacial score (nSPS) is 12.5. The monoisotopic (exact) mass is 175 g/mol. The van der Waals surface area contributed by atoms with E-state index in [9.17, 15) is 0 Å². The first-order valence-corrected chi connectivity index (χ1v) is 4.06. The number of nitrogens with two attached hydrogens (primary N) is 1. The zero-order valence-electron chi connectivity index (χ0n) is 7.40. The van der Waals surface area contributed by atoms with E-state index in [1.165, 1.54) is 6.20 Å². The number of rotatable bonds is 2. The molecule has 0 aromatic heterocycles. The number of aliphatic hydroxyl groups is 1. The molecule has 3 N–H and O–H groups in total. The van der Waals surface area contributed by atoms with Crippen LogP contribution in [0.2, 0.25) is 0 Å². The molecule has 13 heavy (non-hydrogen) atoms. The largest absolute Gasteiger partial charge is 0.405 e. The molecule has 68 valence electrons. The van der Waals surface area contributed by atoms with Gasteiger partial charge in [0, 0.05) is 0 Å². The van der Waals surface area contributed by atoms with E-state index in [1.54, 1.807) is 6.08 Å². The first-order valence-electron chi connectivity index (χ1n) is 4.06. The van der Waals surface area contributed by atoms with Crippen molar-refractivity contribution < 1.29 is 5.11 Å². The molecular weight excluding hydrogens is 162 g/mol. The Hall–Kier alpha value is -1.54. The van der Waals surface area contributed by atoms with Crippen molar-refractivity contribution in [2.24, 2.45) is 5.73 Å². The molecule has 0 spiro atoms. The Morgan fingerprint density at radius 3 is 2.85 bits per heavy atom. The summed E-state index contributed by atoms with van der Waals surface area (Å²) in [5.74, 6) is 0. The van der Waals surface area contributed by atoms with Crippen molar-refractivity contribution in [1.82, 2.24) is 0 Å². The third kappa shape index (κ3) is 2.20. The number of aliphatic hydroxyl groups excluding tert-OH is 1. The van der Waals surface area contributed by atoms with Gasteiger partial charge in [-0.25, -0.2) is 0 Å². The predicted molar refractivity (Wildman–Crippen MR) is 54.9 cm³/mol. The van der Waals surface area contributed by atoms with Crippen LogP contribution < -0.4 is 16.2 Å². The summed E-state index contributed by atoms with van der Waals surface area (Å²) in [6, 6.07) is 5.67. The summed E-state index contributed by atoms with van der Waals surface area (Å²) < 4.78 is 0. The standard InChI is InChI=1S/C11H13NO/c1-9-10(6-3-7-12)4-2-5-11(9)8-13/h2-7,13H,1,8,12H2/b7-3-,10-6-. The van der Waals surface area contributed by atoms with Crippen molar-refractivity contribution in [1.29, 1.82) is 0 Å². The highest BCUT2D eigenvalue weighted by molar-refractivity contribution is 5.39. The van der Waals surface area contributed by atoms with Gasteiger partial charge in [0.1, 0.15) is 0 Å². The van der Waals surface area contributed by atoms with Gasteiger partial charge in [-0.05, 0) is 28.3 Å². The SMILES string of the molecule is C=c1c(CO)ccc/c1=C/C=C\N. The summed E-state index contributed by atoms with van der Waals surface area (Å²) in [4.78, 5) is 0. The Morgan fingerprint density at radius 1 is 1.46 bits per heavy atom. The Morgan fingerprint density at radius 2 is 2.23 bits per heavy atom. The van der Waals surface area contributed by atoms with E-state index in [-0.39, 0.29) is 6.61 Å². The van der Waals surface area contributed by atoms with Crippen LogP contribution in [0.15, 0.2) is 30.5 Å². The highest BCUT2D eigenvalue weighted by atomic mass is 16.3. The van der Waals surface area contributed by atoms with E-state index in [4.69, 9.17) is 10.8 Å². The lowest BCUT2D eigenvalue weighted by molar-refractivity contribution is 0.281. The highest BCUT2D eigenvalue weighted by Crippen LogP contribution is 1.86. The molecule has 1 aromatic rings. The van der Waals surface area contributed by atoms with Gasteiger partial charge in [-0.3, -0.25) is 0 Å². The minimum Gasteiger partial charge on any atom is -0.405 e. The summed E-state index contributed by atoms with van der Waals surface area (Å²) >= 11 is 0. The van der Waals surface area contributed by atoms with Gasteiger partial charge in [-0.15, -0.1) is 0 Å². The molecule has 0 bridgehead atoms. The Labute approximate surface area is 77.3 Å². The van der Waals surface area contributed by atoms with Crippen LogP contribution in [-0.4, -0.2) is 5.11 Å². The molecular formula is C11H13NO. The molecule has 1 aromatic carbocycles. The first kappa shape index (κ1) is 9.55. The minimum atomic E-state index is 0.0207. The third-order valence-corrected chi connectivity index (χ3v) is 1.87. The predicted octanol–water partition coefficient (Wildman–Crippen LogP) is -0.158. The van der Waals surface area contributed by atoms with Crippen LogP contribution in [0.3, 0.4) is 0 Å². The summed E-state index contributed by atoms with van der Waals surface area (Å²) in [5, 5.41) is 10.8. The van der Waals surface area contributed by atoms with Crippen LogP contribution >= 0.6 is 0 Å². The average molecular weight is 175 g/mol. The molecule has 0 saturated heterocycles. The van der Waals surface area contributed by atoms with Gasteiger partial charge in [-0.1, -0.05) is 30.9 Å². The van der Waals surface area contributed by atoms with Crippen LogP contribution in [-0.2, 0) is 6.61 Å². The lowest BCUT2D eigenvalue weighted by Crippen LogP contribution is -2.26. The van der Waals surface area contributed by atoms with E-state index in [1.807, 2.05) is 24.3 Å². The molecule has 0 aliphatic rings. The van der Waals surface area contributed by atoms with Gasteiger partial charge in [0.25, 0.3) is 0 Å². The fraction of sp³-hybridized carbons (Fsp3) is 0.0909. The maximum Gasteiger partial charge on any atom is 0.0687 e. The fourth-order valence-electron chi connectivity index (χ4n) is 1.12. The van der Waals surface area contributed by atoms with Crippen LogP contribution in [0.4, 0.5) is 0 Å². The van der Waals surface area contributed by atoms with Gasteiger partial charge in [-0.2, -0.15) is 0 Å². The topological polar surface area (TPSA) is 46.2 Å². The minimum absolute atomic E-state index is 0.0207. The summed E-state index contributed by atoms with van der Waals surface area (Å²) in [7, 11) is 0. The molecule has 0 amide bonds. The fourth-order valence-corrected chi connectivity index (χ4v) is 1.12. The summed E-state index contributed by atoms with van der Waals surface area (Å²) in [6.07, 6.45) is 5.07. The second-order valence-electron chi connectivity index (χ2n) is 2.69. The Balaban J connectivity index is 3.32. The van der Waals surface area contributed by atoms with Gasteiger partial charge >= 0.3 is 0 Å². The molecule has 1 rings (SSSR count). The van der Waals surface area contributed by atoms with Crippen LogP contribution in [0, 0.1) is 0 Å². The molecule has 2 heteroatoms. The molecule has 0 heterocycles. The van der Waals surface area contributed by atoms with Crippen molar-refractivity contribution in [3.05, 3.63) is 46.5 Å². The molecule has 0 unspecified atom stereocenters. The maximum atomic E-state index is 8.97. The Bertz CT molecular complexity index is 407.